The highest BCUT2D eigenvalue weighted by Gasteiger charge is 2.55. The Labute approximate surface area is 219 Å². The Morgan fingerprint density at radius 3 is 2.05 bits per heavy atom. The highest BCUT2D eigenvalue weighted by atomic mass is 16.8. The number of fused-ring (bicyclic) bond motifs is 1. The van der Waals surface area contributed by atoms with Gasteiger partial charge in [0.1, 0.15) is 12.7 Å². The van der Waals surface area contributed by atoms with Crippen LogP contribution >= 0.6 is 0 Å². The van der Waals surface area contributed by atoms with Crippen molar-refractivity contribution in [3.8, 4) is 0 Å². The minimum Gasteiger partial charge on any atom is -0.471 e. The maximum Gasteiger partial charge on any atom is 0.337 e. The predicted octanol–water partition coefficient (Wildman–Crippen LogP) is 1.08. The fourth-order valence-corrected chi connectivity index (χ4v) is 4.81. The van der Waals surface area contributed by atoms with Gasteiger partial charge in [0.2, 0.25) is 12.6 Å². The molecule has 0 amide bonds. The van der Waals surface area contributed by atoms with E-state index in [4.69, 9.17) is 37.9 Å². The van der Waals surface area contributed by atoms with E-state index in [9.17, 15) is 24.0 Å². The lowest BCUT2D eigenvalue weighted by molar-refractivity contribution is -0.342. The zero-order valence-corrected chi connectivity index (χ0v) is 22.0. The third-order valence-electron chi connectivity index (χ3n) is 6.31. The summed E-state index contributed by atoms with van der Waals surface area (Å²) >= 11 is 0. The minimum atomic E-state index is -1.41. The van der Waals surface area contributed by atoms with Gasteiger partial charge >= 0.3 is 29.8 Å². The summed E-state index contributed by atoms with van der Waals surface area (Å²) in [5.74, 6) is -4.14. The maximum absolute atomic E-state index is 12.3. The van der Waals surface area contributed by atoms with E-state index in [0.29, 0.717) is 12.0 Å². The molecule has 0 aromatic heterocycles. The van der Waals surface area contributed by atoms with Crippen molar-refractivity contribution < 1.29 is 61.9 Å². The van der Waals surface area contributed by atoms with Crippen molar-refractivity contribution in [1.82, 2.24) is 0 Å². The number of hydrogen-bond acceptors (Lipinski definition) is 13. The molecule has 0 saturated carbocycles. The summed E-state index contributed by atoms with van der Waals surface area (Å²) in [6, 6.07) is 0. The van der Waals surface area contributed by atoms with Crippen molar-refractivity contribution in [2.45, 2.75) is 78.0 Å². The van der Waals surface area contributed by atoms with Crippen LogP contribution in [0.5, 0.6) is 0 Å². The molecule has 0 N–H and O–H groups in total. The molecular formula is C25H32O13. The fourth-order valence-electron chi connectivity index (χ4n) is 4.81. The molecule has 0 spiro atoms. The average molecular weight is 541 g/mol. The zero-order valence-electron chi connectivity index (χ0n) is 22.0. The van der Waals surface area contributed by atoms with Crippen LogP contribution in [-0.4, -0.2) is 80.6 Å². The molecular weight excluding hydrogens is 508 g/mol. The van der Waals surface area contributed by atoms with Crippen LogP contribution < -0.4 is 0 Å². The normalized spacial score (nSPS) is 31.9. The van der Waals surface area contributed by atoms with E-state index in [1.54, 1.807) is 0 Å². The van der Waals surface area contributed by atoms with Crippen LogP contribution in [0, 0.1) is 11.8 Å². The van der Waals surface area contributed by atoms with Gasteiger partial charge in [-0.15, -0.1) is 0 Å². The van der Waals surface area contributed by atoms with E-state index in [0.717, 1.165) is 26.3 Å². The van der Waals surface area contributed by atoms with Crippen LogP contribution in [-0.2, 0) is 61.9 Å². The van der Waals surface area contributed by atoms with Crippen LogP contribution in [0.1, 0.15) is 41.0 Å². The second-order valence-electron chi connectivity index (χ2n) is 9.09. The number of carbonyl (C=O) groups excluding carboxylic acids is 5. The smallest absolute Gasteiger partial charge is 0.337 e. The van der Waals surface area contributed by atoms with E-state index < -0.39 is 72.8 Å². The molecule has 1 aliphatic carbocycles. The number of methoxy groups -OCH3 is 1. The van der Waals surface area contributed by atoms with Crippen molar-refractivity contribution in [3.05, 3.63) is 23.5 Å². The number of hydrogen-bond donors (Lipinski definition) is 0. The van der Waals surface area contributed by atoms with Gasteiger partial charge in [0.15, 0.2) is 18.3 Å². The first kappa shape index (κ1) is 29.1. The Bertz CT molecular complexity index is 1010. The first-order chi connectivity index (χ1) is 17.9. The molecule has 210 valence electrons. The molecule has 2 heterocycles. The van der Waals surface area contributed by atoms with Crippen molar-refractivity contribution in [2.24, 2.45) is 11.8 Å². The largest absolute Gasteiger partial charge is 0.471 e. The molecule has 13 heteroatoms. The number of esters is 5. The Morgan fingerprint density at radius 2 is 1.47 bits per heavy atom. The SMILES string of the molecule is COC(=O)C1=CO[C@@H](O[C@@H]2O[C@H](COC(C)=O)[C@@H](OC(C)=O)[C@H](OC(C)=O)[C@H]2OC(C)=O)[C@@H]2C(C)=CC[C@H]12. The Morgan fingerprint density at radius 1 is 0.868 bits per heavy atom. The minimum absolute atomic E-state index is 0.299. The number of ether oxygens (including phenoxy) is 8. The summed E-state index contributed by atoms with van der Waals surface area (Å²) in [6.45, 7) is 6.05. The molecule has 3 rings (SSSR count). The fraction of sp³-hybridized carbons (Fsp3) is 0.640. The van der Waals surface area contributed by atoms with Crippen LogP contribution in [0.15, 0.2) is 23.5 Å². The Balaban J connectivity index is 1.98. The molecule has 38 heavy (non-hydrogen) atoms. The van der Waals surface area contributed by atoms with Gasteiger partial charge < -0.3 is 37.9 Å². The molecule has 13 nitrogen and oxygen atoms in total. The van der Waals surface area contributed by atoms with Crippen molar-refractivity contribution in [1.29, 1.82) is 0 Å². The second-order valence-corrected chi connectivity index (χ2v) is 9.09. The quantitative estimate of drug-likeness (QED) is 0.245. The van der Waals surface area contributed by atoms with Crippen molar-refractivity contribution >= 4 is 29.8 Å². The monoisotopic (exact) mass is 540 g/mol. The summed E-state index contributed by atoms with van der Waals surface area (Å²) in [7, 11) is 1.27. The molecule has 0 unspecified atom stereocenters. The maximum atomic E-state index is 12.3. The molecule has 1 saturated heterocycles. The van der Waals surface area contributed by atoms with E-state index in [-0.39, 0.29) is 12.5 Å². The van der Waals surface area contributed by atoms with Gasteiger partial charge in [0.05, 0.1) is 18.9 Å². The van der Waals surface area contributed by atoms with E-state index >= 15 is 0 Å². The summed E-state index contributed by atoms with van der Waals surface area (Å²) in [6.07, 6.45) is -3.91. The van der Waals surface area contributed by atoms with E-state index in [1.165, 1.54) is 20.3 Å². The van der Waals surface area contributed by atoms with Gasteiger partial charge in [-0.05, 0) is 13.3 Å². The molecule has 2 aliphatic heterocycles. The first-order valence-electron chi connectivity index (χ1n) is 12.0. The Kier molecular flexibility index (Phi) is 9.50. The summed E-state index contributed by atoms with van der Waals surface area (Å²) in [4.78, 5) is 59.7. The lowest BCUT2D eigenvalue weighted by Gasteiger charge is -2.45. The zero-order chi connectivity index (χ0) is 28.1. The average Bonchev–Trinajstić information content (AvgIpc) is 3.22. The van der Waals surface area contributed by atoms with Crippen LogP contribution in [0.2, 0.25) is 0 Å². The van der Waals surface area contributed by atoms with Crippen molar-refractivity contribution in [3.63, 3.8) is 0 Å². The third-order valence-corrected chi connectivity index (χ3v) is 6.31. The van der Waals surface area contributed by atoms with Crippen LogP contribution in [0.4, 0.5) is 0 Å². The molecule has 0 bridgehead atoms. The molecule has 0 aromatic carbocycles. The van der Waals surface area contributed by atoms with Gasteiger partial charge in [0.25, 0.3) is 0 Å². The molecule has 8 atom stereocenters. The topological polar surface area (TPSA) is 159 Å². The standard InChI is InChI=1S/C25H32O13/c1-11-7-8-16-17(23(30)31-6)9-33-24(19(11)16)38-25-22(36-15(5)29)21(35-14(4)28)20(34-13(3)27)18(37-25)10-32-12(2)26/h7,9,16,18-22,24-25H,8,10H2,1-6H3/t16-,18-,19-,20-,21+,22-,24+,25+/m1/s1. The summed E-state index contributed by atoms with van der Waals surface area (Å²) in [5.41, 5.74) is 1.23. The number of rotatable bonds is 8. The van der Waals surface area contributed by atoms with Gasteiger partial charge in [-0.1, -0.05) is 11.6 Å². The first-order valence-corrected chi connectivity index (χ1v) is 12.0. The van der Waals surface area contributed by atoms with Gasteiger partial charge in [-0.25, -0.2) is 4.79 Å². The van der Waals surface area contributed by atoms with Gasteiger partial charge in [-0.2, -0.15) is 0 Å². The van der Waals surface area contributed by atoms with Crippen LogP contribution in [0.25, 0.3) is 0 Å². The van der Waals surface area contributed by atoms with Crippen molar-refractivity contribution in [2.75, 3.05) is 13.7 Å². The van der Waals surface area contributed by atoms with Gasteiger partial charge in [-0.3, -0.25) is 19.2 Å². The predicted molar refractivity (Wildman–Crippen MR) is 123 cm³/mol. The summed E-state index contributed by atoms with van der Waals surface area (Å²) < 4.78 is 44.1. The molecule has 0 aromatic rings. The summed E-state index contributed by atoms with van der Waals surface area (Å²) in [5, 5.41) is 0. The lowest BCUT2D eigenvalue weighted by atomic mass is 9.84. The van der Waals surface area contributed by atoms with E-state index in [2.05, 4.69) is 0 Å². The highest BCUT2D eigenvalue weighted by Crippen LogP contribution is 2.44. The number of carbonyl (C=O) groups is 5. The van der Waals surface area contributed by atoms with Crippen LogP contribution in [0.3, 0.4) is 0 Å². The molecule has 0 radical (unpaired) electrons. The Hall–Kier alpha value is -3.45. The van der Waals surface area contributed by atoms with E-state index in [1.807, 2.05) is 13.0 Å². The lowest BCUT2D eigenvalue weighted by Crippen LogP contribution is -2.63. The third kappa shape index (κ3) is 6.70. The second kappa shape index (κ2) is 12.4. The number of allylic oxidation sites excluding steroid dienone is 1. The van der Waals surface area contributed by atoms with Gasteiger partial charge in [0, 0.05) is 39.5 Å². The molecule has 1 fully saturated rings. The molecule has 3 aliphatic rings. The highest BCUT2D eigenvalue weighted by molar-refractivity contribution is 5.89.